The molecule has 4 rings (SSSR count). The van der Waals surface area contributed by atoms with E-state index in [1.54, 1.807) is 36.8 Å². The van der Waals surface area contributed by atoms with Gasteiger partial charge in [-0.2, -0.15) is 13.2 Å². The van der Waals surface area contributed by atoms with Crippen molar-refractivity contribution in [1.82, 2.24) is 9.97 Å². The van der Waals surface area contributed by atoms with E-state index in [-0.39, 0.29) is 23.4 Å². The SMILES string of the molecule is Cc1cc2c(cc1C(F)(F)F)NC(=O)CC(c1ccnc(-c3cccnc3)c1)=N2. The number of nitrogens with one attached hydrogen (secondary N) is 1. The second-order valence-corrected chi connectivity index (χ2v) is 6.64. The molecular formula is C21H15F3N4O. The quantitative estimate of drug-likeness (QED) is 0.668. The summed E-state index contributed by atoms with van der Waals surface area (Å²) in [6.45, 7) is 1.37. The van der Waals surface area contributed by atoms with Gasteiger partial charge in [-0.15, -0.1) is 0 Å². The lowest BCUT2D eigenvalue weighted by Crippen LogP contribution is -2.15. The third-order valence-corrected chi connectivity index (χ3v) is 4.56. The van der Waals surface area contributed by atoms with Crippen LogP contribution in [0.4, 0.5) is 24.5 Å². The maximum atomic E-state index is 13.2. The van der Waals surface area contributed by atoms with E-state index in [9.17, 15) is 18.0 Å². The van der Waals surface area contributed by atoms with Gasteiger partial charge in [0.15, 0.2) is 0 Å². The summed E-state index contributed by atoms with van der Waals surface area (Å²) in [7, 11) is 0. The van der Waals surface area contributed by atoms with Crippen LogP contribution in [0.25, 0.3) is 11.3 Å². The Morgan fingerprint density at radius 1 is 1.07 bits per heavy atom. The number of alkyl halides is 3. The van der Waals surface area contributed by atoms with E-state index in [0.717, 1.165) is 11.6 Å². The number of nitrogens with zero attached hydrogens (tertiary/aromatic N) is 3. The Hall–Kier alpha value is -3.55. The number of halogens is 3. The number of aliphatic imine (C=N–C) groups is 1. The van der Waals surface area contributed by atoms with E-state index < -0.39 is 17.6 Å². The Bertz CT molecular complexity index is 1120. The number of anilines is 1. The van der Waals surface area contributed by atoms with E-state index in [1.165, 1.54) is 13.0 Å². The fraction of sp³-hybridized carbons (Fsp3) is 0.143. The van der Waals surface area contributed by atoms with Gasteiger partial charge < -0.3 is 5.32 Å². The zero-order valence-electron chi connectivity index (χ0n) is 15.3. The molecule has 29 heavy (non-hydrogen) atoms. The van der Waals surface area contributed by atoms with Crippen molar-refractivity contribution >= 4 is 23.0 Å². The smallest absolute Gasteiger partial charge is 0.324 e. The Balaban J connectivity index is 1.80. The van der Waals surface area contributed by atoms with E-state index >= 15 is 0 Å². The predicted molar refractivity (Wildman–Crippen MR) is 103 cm³/mol. The third kappa shape index (κ3) is 3.87. The highest BCUT2D eigenvalue weighted by atomic mass is 19.4. The molecule has 1 aliphatic rings. The lowest BCUT2D eigenvalue weighted by atomic mass is 10.0. The molecule has 0 radical (unpaired) electrons. The first-order chi connectivity index (χ1) is 13.8. The van der Waals surface area contributed by atoms with Gasteiger partial charge in [0.1, 0.15) is 0 Å². The molecule has 0 saturated heterocycles. The van der Waals surface area contributed by atoms with Gasteiger partial charge in [-0.3, -0.25) is 19.8 Å². The van der Waals surface area contributed by atoms with Gasteiger partial charge in [-0.05, 0) is 48.9 Å². The minimum atomic E-state index is -4.51. The zero-order chi connectivity index (χ0) is 20.6. The Kier molecular flexibility index (Phi) is 4.62. The first-order valence-electron chi connectivity index (χ1n) is 8.77. The van der Waals surface area contributed by atoms with Crippen molar-refractivity contribution in [3.8, 4) is 11.3 Å². The van der Waals surface area contributed by atoms with Crippen molar-refractivity contribution in [2.75, 3.05) is 5.32 Å². The highest BCUT2D eigenvalue weighted by Crippen LogP contribution is 2.39. The summed E-state index contributed by atoms with van der Waals surface area (Å²) in [4.78, 5) is 25.2. The Morgan fingerprint density at radius 3 is 2.62 bits per heavy atom. The number of fused-ring (bicyclic) bond motifs is 1. The molecule has 0 atom stereocenters. The molecule has 0 bridgehead atoms. The van der Waals surface area contributed by atoms with Crippen LogP contribution in [0.3, 0.4) is 0 Å². The molecule has 5 nitrogen and oxygen atoms in total. The number of aryl methyl sites for hydroxylation is 1. The topological polar surface area (TPSA) is 67.2 Å². The van der Waals surface area contributed by atoms with E-state index in [4.69, 9.17) is 0 Å². The summed E-state index contributed by atoms with van der Waals surface area (Å²) in [5.74, 6) is -0.431. The summed E-state index contributed by atoms with van der Waals surface area (Å²) < 4.78 is 39.6. The van der Waals surface area contributed by atoms with Gasteiger partial charge in [-0.1, -0.05) is 0 Å². The normalized spacial score (nSPS) is 13.9. The Labute approximate surface area is 164 Å². The van der Waals surface area contributed by atoms with Crippen LogP contribution in [0.1, 0.15) is 23.1 Å². The fourth-order valence-electron chi connectivity index (χ4n) is 3.17. The predicted octanol–water partition coefficient (Wildman–Crippen LogP) is 4.93. The monoisotopic (exact) mass is 396 g/mol. The molecule has 0 fully saturated rings. The van der Waals surface area contributed by atoms with Crippen LogP contribution >= 0.6 is 0 Å². The van der Waals surface area contributed by atoms with Crippen LogP contribution in [-0.4, -0.2) is 21.6 Å². The number of amides is 1. The van der Waals surface area contributed by atoms with Crippen LogP contribution in [0.2, 0.25) is 0 Å². The van der Waals surface area contributed by atoms with Crippen LogP contribution in [0, 0.1) is 6.92 Å². The van der Waals surface area contributed by atoms with Gasteiger partial charge in [0.2, 0.25) is 5.91 Å². The molecule has 1 aromatic carbocycles. The standard InChI is InChI=1S/C21H15F3N4O/c1-12-7-18-19(9-15(12)21(22,23)24)28-20(29)10-17(27-18)13-4-6-26-16(8-13)14-3-2-5-25-11-14/h2-9,11H,10H2,1H3,(H,28,29). The van der Waals surface area contributed by atoms with Crippen LogP contribution in [0.5, 0.6) is 0 Å². The molecule has 1 N–H and O–H groups in total. The van der Waals surface area contributed by atoms with Gasteiger partial charge in [0, 0.05) is 29.7 Å². The average molecular weight is 396 g/mol. The minimum absolute atomic E-state index is 0.0428. The Morgan fingerprint density at radius 2 is 1.90 bits per heavy atom. The number of rotatable bonds is 2. The number of carbonyl (C=O) groups is 1. The molecule has 1 aliphatic heterocycles. The molecule has 0 unspecified atom stereocenters. The van der Waals surface area contributed by atoms with Crippen molar-refractivity contribution in [3.63, 3.8) is 0 Å². The number of aromatic nitrogens is 2. The maximum absolute atomic E-state index is 13.2. The van der Waals surface area contributed by atoms with Gasteiger partial charge in [0.25, 0.3) is 0 Å². The summed E-state index contributed by atoms with van der Waals surface area (Å²) in [5.41, 5.74) is 2.16. The third-order valence-electron chi connectivity index (χ3n) is 4.56. The van der Waals surface area contributed by atoms with Gasteiger partial charge in [0.05, 0.1) is 34.8 Å². The maximum Gasteiger partial charge on any atom is 0.416 e. The molecule has 2 aromatic heterocycles. The van der Waals surface area contributed by atoms with Crippen molar-refractivity contribution < 1.29 is 18.0 Å². The van der Waals surface area contributed by atoms with Crippen LogP contribution < -0.4 is 5.32 Å². The van der Waals surface area contributed by atoms with Crippen molar-refractivity contribution in [2.45, 2.75) is 19.5 Å². The molecule has 3 heterocycles. The first kappa shape index (κ1) is 18.8. The van der Waals surface area contributed by atoms with E-state index in [2.05, 4.69) is 20.3 Å². The molecule has 0 spiro atoms. The molecule has 146 valence electrons. The van der Waals surface area contributed by atoms with Crippen molar-refractivity contribution in [1.29, 1.82) is 0 Å². The summed E-state index contributed by atoms with van der Waals surface area (Å²) in [6.07, 6.45) is 0.354. The van der Waals surface area contributed by atoms with Gasteiger partial charge >= 0.3 is 6.18 Å². The first-order valence-corrected chi connectivity index (χ1v) is 8.77. The number of carbonyl (C=O) groups excluding carboxylic acids is 1. The van der Waals surface area contributed by atoms with Crippen molar-refractivity contribution in [3.05, 3.63) is 71.7 Å². The lowest BCUT2D eigenvalue weighted by molar-refractivity contribution is -0.138. The summed E-state index contributed by atoms with van der Waals surface area (Å²) in [5, 5.41) is 2.53. The molecule has 0 aliphatic carbocycles. The molecule has 3 aromatic rings. The molecule has 1 amide bonds. The number of hydrogen-bond acceptors (Lipinski definition) is 4. The molecule has 8 heteroatoms. The number of benzene rings is 1. The van der Waals surface area contributed by atoms with E-state index in [0.29, 0.717) is 17.0 Å². The average Bonchev–Trinajstić information content (AvgIpc) is 2.85. The van der Waals surface area contributed by atoms with Crippen LogP contribution in [-0.2, 0) is 11.0 Å². The number of pyridine rings is 2. The minimum Gasteiger partial charge on any atom is -0.324 e. The zero-order valence-corrected chi connectivity index (χ0v) is 15.3. The van der Waals surface area contributed by atoms with E-state index in [1.807, 2.05) is 6.07 Å². The molecular weight excluding hydrogens is 381 g/mol. The second kappa shape index (κ2) is 7.12. The highest BCUT2D eigenvalue weighted by Gasteiger charge is 2.34. The van der Waals surface area contributed by atoms with Crippen molar-refractivity contribution in [2.24, 2.45) is 4.99 Å². The lowest BCUT2D eigenvalue weighted by Gasteiger charge is -2.13. The van der Waals surface area contributed by atoms with Crippen LogP contribution in [0.15, 0.2) is 60.0 Å². The fourth-order valence-corrected chi connectivity index (χ4v) is 3.17. The second-order valence-electron chi connectivity index (χ2n) is 6.64. The highest BCUT2D eigenvalue weighted by molar-refractivity contribution is 6.17. The summed E-state index contributed by atoms with van der Waals surface area (Å²) in [6, 6.07) is 9.42. The molecule has 0 saturated carbocycles. The summed E-state index contributed by atoms with van der Waals surface area (Å²) >= 11 is 0. The number of hydrogen-bond donors (Lipinski definition) is 1. The van der Waals surface area contributed by atoms with Gasteiger partial charge in [-0.25, -0.2) is 0 Å². The largest absolute Gasteiger partial charge is 0.416 e.